The lowest BCUT2D eigenvalue weighted by Crippen LogP contribution is -2.36. The van der Waals surface area contributed by atoms with Gasteiger partial charge in [-0.3, -0.25) is 14.2 Å². The third-order valence-electron chi connectivity index (χ3n) is 3.85. The minimum absolute atomic E-state index is 0.0193. The van der Waals surface area contributed by atoms with E-state index in [0.717, 1.165) is 10.1 Å². The molecule has 0 aliphatic heterocycles. The molecule has 6 nitrogen and oxygen atoms in total. The molecule has 0 aliphatic carbocycles. The van der Waals surface area contributed by atoms with E-state index in [1.165, 1.54) is 0 Å². The van der Waals surface area contributed by atoms with Crippen molar-refractivity contribution in [3.05, 3.63) is 80.0 Å². The summed E-state index contributed by atoms with van der Waals surface area (Å²) in [6.45, 7) is 0.379. The van der Waals surface area contributed by atoms with E-state index in [1.54, 1.807) is 36.4 Å². The van der Waals surface area contributed by atoms with Gasteiger partial charge in [-0.05, 0) is 29.8 Å². The highest BCUT2D eigenvalue weighted by Crippen LogP contribution is 2.09. The van der Waals surface area contributed by atoms with E-state index in [-0.39, 0.29) is 18.9 Å². The number of nitrogens with one attached hydrogen (secondary N) is 2. The van der Waals surface area contributed by atoms with E-state index >= 15 is 0 Å². The van der Waals surface area contributed by atoms with Crippen LogP contribution in [0.2, 0.25) is 5.02 Å². The average Bonchev–Trinajstić information content (AvgIpc) is 2.61. The molecule has 2 N–H and O–H groups in total. The summed E-state index contributed by atoms with van der Waals surface area (Å²) < 4.78 is 1.05. The summed E-state index contributed by atoms with van der Waals surface area (Å²) in [5, 5.41) is 3.80. The minimum Gasteiger partial charge on any atom is -0.352 e. The van der Waals surface area contributed by atoms with Crippen LogP contribution in [0.25, 0.3) is 10.9 Å². The van der Waals surface area contributed by atoms with Crippen molar-refractivity contribution < 1.29 is 4.79 Å². The number of amides is 1. The van der Waals surface area contributed by atoms with Gasteiger partial charge in [-0.25, -0.2) is 4.79 Å². The molecule has 0 saturated heterocycles. The van der Waals surface area contributed by atoms with Crippen LogP contribution >= 0.6 is 11.6 Å². The molecule has 0 saturated carbocycles. The van der Waals surface area contributed by atoms with E-state index in [2.05, 4.69) is 10.3 Å². The zero-order valence-corrected chi connectivity index (χ0v) is 14.0. The molecule has 0 spiro atoms. The Kier molecular flexibility index (Phi) is 5.00. The predicted octanol–water partition coefficient (Wildman–Crippen LogP) is 2.05. The Bertz CT molecular complexity index is 1020. The molecular weight excluding hydrogens is 342 g/mol. The largest absolute Gasteiger partial charge is 0.352 e. The molecule has 0 aliphatic rings. The van der Waals surface area contributed by atoms with E-state index < -0.39 is 11.2 Å². The number of hydrogen-bond donors (Lipinski definition) is 2. The first-order valence-corrected chi connectivity index (χ1v) is 8.15. The fourth-order valence-electron chi connectivity index (χ4n) is 2.51. The van der Waals surface area contributed by atoms with Crippen molar-refractivity contribution in [1.29, 1.82) is 0 Å². The number of carbonyl (C=O) groups is 1. The van der Waals surface area contributed by atoms with Crippen LogP contribution in [0.4, 0.5) is 0 Å². The smallest absolute Gasteiger partial charge is 0.328 e. The first kappa shape index (κ1) is 17.0. The van der Waals surface area contributed by atoms with E-state index in [4.69, 9.17) is 11.6 Å². The summed E-state index contributed by atoms with van der Waals surface area (Å²) in [5.41, 5.74) is 0.485. The van der Waals surface area contributed by atoms with Crippen molar-refractivity contribution >= 4 is 28.4 Å². The fraction of sp³-hybridized carbons (Fsp3) is 0.167. The van der Waals surface area contributed by atoms with E-state index in [9.17, 15) is 14.4 Å². The summed E-state index contributed by atoms with van der Waals surface area (Å²) >= 11 is 5.81. The number of hydrogen-bond acceptors (Lipinski definition) is 3. The lowest BCUT2D eigenvalue weighted by Gasteiger charge is -2.08. The second-order valence-corrected chi connectivity index (χ2v) is 6.02. The number of H-pyrrole nitrogens is 1. The molecule has 7 heteroatoms. The lowest BCUT2D eigenvalue weighted by molar-refractivity contribution is -0.121. The Morgan fingerprint density at radius 3 is 2.56 bits per heavy atom. The fourth-order valence-corrected chi connectivity index (χ4v) is 2.63. The van der Waals surface area contributed by atoms with Gasteiger partial charge in [-0.15, -0.1) is 0 Å². The molecule has 3 aromatic rings. The topological polar surface area (TPSA) is 84.0 Å². The Morgan fingerprint density at radius 2 is 1.80 bits per heavy atom. The van der Waals surface area contributed by atoms with Crippen LogP contribution in [-0.4, -0.2) is 15.5 Å². The summed E-state index contributed by atoms with van der Waals surface area (Å²) in [7, 11) is 0. The van der Waals surface area contributed by atoms with Crippen LogP contribution in [0.1, 0.15) is 12.0 Å². The Labute approximate surface area is 148 Å². The highest BCUT2D eigenvalue weighted by molar-refractivity contribution is 6.30. The van der Waals surface area contributed by atoms with Gasteiger partial charge in [0.2, 0.25) is 5.91 Å². The second-order valence-electron chi connectivity index (χ2n) is 5.59. The van der Waals surface area contributed by atoms with Gasteiger partial charge in [0, 0.05) is 24.5 Å². The summed E-state index contributed by atoms with van der Waals surface area (Å²) in [5.74, 6) is -0.241. The Balaban J connectivity index is 1.66. The van der Waals surface area contributed by atoms with Crippen molar-refractivity contribution in [3.63, 3.8) is 0 Å². The van der Waals surface area contributed by atoms with Crippen LogP contribution in [0.15, 0.2) is 58.1 Å². The second kappa shape index (κ2) is 7.36. The first-order chi connectivity index (χ1) is 12.0. The maximum atomic E-state index is 12.4. The molecule has 1 heterocycles. The van der Waals surface area contributed by atoms with E-state index in [1.807, 2.05) is 12.1 Å². The van der Waals surface area contributed by atoms with Gasteiger partial charge in [0.25, 0.3) is 5.56 Å². The zero-order valence-electron chi connectivity index (χ0n) is 13.3. The van der Waals surface area contributed by atoms with Crippen molar-refractivity contribution in [3.8, 4) is 0 Å². The molecule has 1 amide bonds. The number of benzene rings is 2. The van der Waals surface area contributed by atoms with Crippen LogP contribution in [0.3, 0.4) is 0 Å². The highest BCUT2D eigenvalue weighted by atomic mass is 35.5. The molecule has 2 aromatic carbocycles. The van der Waals surface area contributed by atoms with Crippen LogP contribution in [0.5, 0.6) is 0 Å². The van der Waals surface area contributed by atoms with Gasteiger partial charge >= 0.3 is 5.69 Å². The molecule has 1 aromatic heterocycles. The molecule has 0 unspecified atom stereocenters. The molecule has 0 bridgehead atoms. The number of halogens is 1. The van der Waals surface area contributed by atoms with Crippen molar-refractivity contribution in [2.24, 2.45) is 0 Å². The predicted molar refractivity (Wildman–Crippen MR) is 96.7 cm³/mol. The first-order valence-electron chi connectivity index (χ1n) is 7.77. The quantitative estimate of drug-likeness (QED) is 0.733. The molecule has 0 fully saturated rings. The third kappa shape index (κ3) is 3.97. The van der Waals surface area contributed by atoms with Crippen molar-refractivity contribution in [1.82, 2.24) is 14.9 Å². The SMILES string of the molecule is O=C(CCn1c(=O)[nH]c2ccccc2c1=O)NCc1ccc(Cl)cc1. The standard InChI is InChI=1S/C18H16ClN3O3/c19-13-7-5-12(6-8-13)11-20-16(23)9-10-22-17(24)14-3-1-2-4-15(14)21-18(22)25/h1-8H,9-11H2,(H,20,23)(H,21,25). The number of aromatic amines is 1. The normalized spacial score (nSPS) is 10.8. The Morgan fingerprint density at radius 1 is 1.08 bits per heavy atom. The number of para-hydroxylation sites is 1. The van der Waals surface area contributed by atoms with Gasteiger partial charge in [-0.2, -0.15) is 0 Å². The molecule has 128 valence electrons. The number of rotatable bonds is 5. The van der Waals surface area contributed by atoms with Crippen molar-refractivity contribution in [2.45, 2.75) is 19.5 Å². The zero-order chi connectivity index (χ0) is 17.8. The summed E-state index contributed by atoms with van der Waals surface area (Å²) in [6, 6.07) is 13.9. The number of aromatic nitrogens is 2. The van der Waals surface area contributed by atoms with Gasteiger partial charge in [0.1, 0.15) is 0 Å². The van der Waals surface area contributed by atoms with E-state index in [0.29, 0.717) is 22.5 Å². The van der Waals surface area contributed by atoms with Crippen LogP contribution < -0.4 is 16.6 Å². The highest BCUT2D eigenvalue weighted by Gasteiger charge is 2.09. The number of carbonyl (C=O) groups excluding carboxylic acids is 1. The van der Waals surface area contributed by atoms with Gasteiger partial charge in [-0.1, -0.05) is 35.9 Å². The third-order valence-corrected chi connectivity index (χ3v) is 4.11. The maximum Gasteiger partial charge on any atom is 0.328 e. The van der Waals surface area contributed by atoms with Gasteiger partial charge < -0.3 is 10.3 Å². The number of fused-ring (bicyclic) bond motifs is 1. The molecule has 3 rings (SSSR count). The molecule has 25 heavy (non-hydrogen) atoms. The summed E-state index contributed by atoms with van der Waals surface area (Å²) in [6.07, 6.45) is 0.0366. The molecule has 0 radical (unpaired) electrons. The van der Waals surface area contributed by atoms with Crippen LogP contribution in [0, 0.1) is 0 Å². The average molecular weight is 358 g/mol. The van der Waals surface area contributed by atoms with Gasteiger partial charge in [0.15, 0.2) is 0 Å². The molecule has 0 atom stereocenters. The van der Waals surface area contributed by atoms with Gasteiger partial charge in [0.05, 0.1) is 10.9 Å². The monoisotopic (exact) mass is 357 g/mol. The minimum atomic E-state index is -0.519. The Hall–Kier alpha value is -2.86. The molecular formula is C18H16ClN3O3. The summed E-state index contributed by atoms with van der Waals surface area (Å²) in [4.78, 5) is 39.0. The van der Waals surface area contributed by atoms with Crippen molar-refractivity contribution in [2.75, 3.05) is 0 Å². The number of nitrogens with zero attached hydrogens (tertiary/aromatic N) is 1. The maximum absolute atomic E-state index is 12.4. The lowest BCUT2D eigenvalue weighted by atomic mass is 10.2. The van der Waals surface area contributed by atoms with Crippen LogP contribution in [-0.2, 0) is 17.9 Å².